The zero-order valence-corrected chi connectivity index (χ0v) is 22.3. The van der Waals surface area contributed by atoms with Gasteiger partial charge in [0.15, 0.2) is 22.7 Å². The number of benzene rings is 1. The molecule has 4 atom stereocenters. The van der Waals surface area contributed by atoms with Gasteiger partial charge in [-0.25, -0.2) is 20.0 Å². The van der Waals surface area contributed by atoms with Crippen LogP contribution in [0.15, 0.2) is 28.7 Å². The van der Waals surface area contributed by atoms with Crippen molar-refractivity contribution in [1.82, 2.24) is 25.9 Å². The molecule has 1 aromatic carbocycles. The average Bonchev–Trinajstić information content (AvgIpc) is 3.36. The molecule has 3 heterocycles. The number of nitrogen functional groups attached to an aromatic ring is 1. The van der Waals surface area contributed by atoms with Crippen LogP contribution in [0, 0.1) is 0 Å². The number of hydrogen-bond donors (Lipinski definition) is 7. The molecule has 14 nitrogen and oxygen atoms in total. The summed E-state index contributed by atoms with van der Waals surface area (Å²) in [6.07, 6.45) is 1.20. The predicted octanol–water partition coefficient (Wildman–Crippen LogP) is 0.564. The number of urea groups is 1. The molecule has 2 saturated heterocycles. The Bertz CT molecular complexity index is 1300. The Kier molecular flexibility index (Phi) is 8.28. The summed E-state index contributed by atoms with van der Waals surface area (Å²) in [6.45, 7) is 3.43. The Labute approximate surface area is 230 Å². The molecule has 17 heteroatoms. The number of halogens is 1. The van der Waals surface area contributed by atoms with Gasteiger partial charge in [-0.2, -0.15) is 5.10 Å². The number of carboxylic acids is 1. The Morgan fingerprint density at radius 2 is 1.97 bits per heavy atom. The third-order valence-corrected chi connectivity index (χ3v) is 7.99. The number of carbonyl (C=O) groups is 4. The van der Waals surface area contributed by atoms with Gasteiger partial charge in [-0.1, -0.05) is 0 Å². The minimum absolute atomic E-state index is 0. The molecule has 4 amide bonds. The zero-order valence-electron chi connectivity index (χ0n) is 19.8. The molecule has 204 valence electrons. The van der Waals surface area contributed by atoms with Gasteiger partial charge in [-0.05, 0) is 37.6 Å². The number of nitrogens with zero attached hydrogens (tertiary/aromatic N) is 3. The lowest BCUT2D eigenvalue weighted by atomic mass is 9.96. The molecule has 2 aliphatic rings. The lowest BCUT2D eigenvalue weighted by molar-refractivity contribution is -0.161. The van der Waals surface area contributed by atoms with Crippen molar-refractivity contribution in [2.24, 2.45) is 5.10 Å². The maximum absolute atomic E-state index is 13.2. The van der Waals surface area contributed by atoms with Crippen LogP contribution in [0.4, 0.5) is 9.93 Å². The maximum Gasteiger partial charge on any atom is 0.336 e. The van der Waals surface area contributed by atoms with E-state index < -0.39 is 52.1 Å². The number of carboxylic acid groups (broad SMARTS) is 1. The second kappa shape index (κ2) is 10.9. The van der Waals surface area contributed by atoms with Crippen LogP contribution < -0.4 is 21.8 Å². The predicted molar refractivity (Wildman–Crippen MR) is 141 cm³/mol. The number of nitrogens with two attached hydrogens (primary N) is 1. The number of fused-ring (bicyclic) bond motifs is 1. The number of β-lactam (4-membered cyclic amide) rings is 1. The topological polar surface area (TPSA) is 220 Å². The first-order valence-electron chi connectivity index (χ1n) is 10.7. The molecular weight excluding hydrogens is 562 g/mol. The smallest absolute Gasteiger partial charge is 0.336 e. The van der Waals surface area contributed by atoms with Crippen molar-refractivity contribution in [1.29, 1.82) is 0 Å². The molecule has 2 unspecified atom stereocenters. The van der Waals surface area contributed by atoms with Crippen LogP contribution in [0.2, 0.25) is 0 Å². The SMILES string of the molecule is CC1(C)S[C@@H]2C(NC(=O)C(NC(=O)N/N=C/c3ccc(O)c(O)c3)c3csc(N)n3)C(=O)N2[C@H]1C(=O)O.Cl. The fraction of sp³-hybridized carbons (Fsp3) is 0.333. The fourth-order valence-corrected chi connectivity index (χ4v) is 6.25. The van der Waals surface area contributed by atoms with Crippen molar-refractivity contribution < 1.29 is 34.5 Å². The molecule has 2 aliphatic heterocycles. The molecule has 0 radical (unpaired) electrons. The number of hydrogen-bond acceptors (Lipinski definition) is 11. The maximum atomic E-state index is 13.2. The van der Waals surface area contributed by atoms with E-state index in [0.717, 1.165) is 11.3 Å². The van der Waals surface area contributed by atoms with Gasteiger partial charge < -0.3 is 36.6 Å². The van der Waals surface area contributed by atoms with E-state index in [1.165, 1.54) is 46.5 Å². The van der Waals surface area contributed by atoms with Gasteiger partial charge >= 0.3 is 12.0 Å². The van der Waals surface area contributed by atoms with Gasteiger partial charge in [-0.15, -0.1) is 35.5 Å². The van der Waals surface area contributed by atoms with Gasteiger partial charge in [0, 0.05) is 10.1 Å². The first-order chi connectivity index (χ1) is 17.4. The first kappa shape index (κ1) is 28.8. The van der Waals surface area contributed by atoms with Crippen LogP contribution in [0.25, 0.3) is 0 Å². The highest BCUT2D eigenvalue weighted by Gasteiger charge is 2.64. The number of hydrazone groups is 1. The quantitative estimate of drug-likeness (QED) is 0.104. The van der Waals surface area contributed by atoms with Gasteiger partial charge in [0.05, 0.1) is 11.9 Å². The largest absolute Gasteiger partial charge is 0.504 e. The standard InChI is InChI=1S/C21H23N7O7S2.ClH/c1-21(2)14(18(33)34)28-16(32)13(17(28)37-21)25-15(31)12(9-7-36-19(22)24-9)26-20(35)27-23-6-8-3-4-10(29)11(30)5-8;/h3-7,12-14,17,29-30H,1-2H3,(H2,22,24)(H,25,31)(H,33,34)(H2,26,27,35);1H/b23-6+;/t12?,13?,14-,17+;/m0./s1. The number of carbonyl (C=O) groups excluding carboxylic acids is 3. The van der Waals surface area contributed by atoms with E-state index in [9.17, 15) is 34.5 Å². The third-order valence-electron chi connectivity index (χ3n) is 5.72. The summed E-state index contributed by atoms with van der Waals surface area (Å²) >= 11 is 2.32. The molecule has 8 N–H and O–H groups in total. The highest BCUT2D eigenvalue weighted by atomic mass is 35.5. The van der Waals surface area contributed by atoms with Crippen LogP contribution in [0.1, 0.15) is 31.1 Å². The van der Waals surface area contributed by atoms with Crippen molar-refractivity contribution in [2.45, 2.75) is 42.1 Å². The number of amides is 4. The Morgan fingerprint density at radius 3 is 2.58 bits per heavy atom. The van der Waals surface area contributed by atoms with E-state index in [1.807, 2.05) is 0 Å². The number of thioether (sulfide) groups is 1. The Morgan fingerprint density at radius 1 is 1.26 bits per heavy atom. The van der Waals surface area contributed by atoms with Crippen molar-refractivity contribution in [3.8, 4) is 11.5 Å². The van der Waals surface area contributed by atoms with Crippen molar-refractivity contribution >= 4 is 70.7 Å². The molecule has 0 aliphatic carbocycles. The number of aliphatic carboxylic acids is 1. The lowest BCUT2D eigenvalue weighted by Crippen LogP contribution is -2.71. The van der Waals surface area contributed by atoms with E-state index in [2.05, 4.69) is 26.1 Å². The summed E-state index contributed by atoms with van der Waals surface area (Å²) in [4.78, 5) is 55.3. The summed E-state index contributed by atoms with van der Waals surface area (Å²) < 4.78 is -0.765. The van der Waals surface area contributed by atoms with E-state index in [1.54, 1.807) is 13.8 Å². The number of rotatable bonds is 7. The summed E-state index contributed by atoms with van der Waals surface area (Å²) in [5.74, 6) is -3.09. The minimum atomic E-state index is -1.34. The molecule has 2 fully saturated rings. The second-order valence-electron chi connectivity index (χ2n) is 8.72. The van der Waals surface area contributed by atoms with Crippen LogP contribution in [0.5, 0.6) is 11.5 Å². The fourth-order valence-electron chi connectivity index (χ4n) is 4.04. The molecule has 0 saturated carbocycles. The third kappa shape index (κ3) is 5.56. The van der Waals surface area contributed by atoms with E-state index in [-0.39, 0.29) is 34.7 Å². The van der Waals surface area contributed by atoms with Crippen molar-refractivity contribution in [3.63, 3.8) is 0 Å². The Balaban J connectivity index is 0.00000400. The summed E-state index contributed by atoms with van der Waals surface area (Å²) in [5.41, 5.74) is 8.37. The number of phenols is 2. The normalized spacial score (nSPS) is 22.1. The second-order valence-corrected chi connectivity index (χ2v) is 11.4. The molecule has 1 aromatic heterocycles. The number of anilines is 1. The minimum Gasteiger partial charge on any atom is -0.504 e. The van der Waals surface area contributed by atoms with Gasteiger partial charge in [0.25, 0.3) is 0 Å². The summed E-state index contributed by atoms with van der Waals surface area (Å²) in [6, 6.07) is -0.312. The number of phenolic OH excluding ortho intramolecular Hbond substituents is 2. The lowest BCUT2D eigenvalue weighted by Gasteiger charge is -2.43. The van der Waals surface area contributed by atoms with Crippen LogP contribution in [-0.4, -0.2) is 77.4 Å². The number of nitrogens with one attached hydrogen (secondary N) is 3. The first-order valence-corrected chi connectivity index (χ1v) is 12.5. The monoisotopic (exact) mass is 585 g/mol. The number of thiazole rings is 1. The van der Waals surface area contributed by atoms with E-state index in [4.69, 9.17) is 5.73 Å². The van der Waals surface area contributed by atoms with Gasteiger partial charge in [0.2, 0.25) is 11.8 Å². The van der Waals surface area contributed by atoms with Gasteiger partial charge in [0.1, 0.15) is 17.5 Å². The number of aromatic nitrogens is 1. The summed E-state index contributed by atoms with van der Waals surface area (Å²) in [5, 5.41) is 38.3. The molecule has 2 aromatic rings. The molecule has 38 heavy (non-hydrogen) atoms. The van der Waals surface area contributed by atoms with E-state index in [0.29, 0.717) is 5.56 Å². The molecule has 0 bridgehead atoms. The van der Waals surface area contributed by atoms with Crippen molar-refractivity contribution in [3.05, 3.63) is 34.8 Å². The average molecular weight is 586 g/mol. The van der Waals surface area contributed by atoms with Crippen LogP contribution >= 0.6 is 35.5 Å². The number of aromatic hydroxyl groups is 2. The van der Waals surface area contributed by atoms with Crippen LogP contribution in [0.3, 0.4) is 0 Å². The highest BCUT2D eigenvalue weighted by Crippen LogP contribution is 2.50. The highest BCUT2D eigenvalue weighted by molar-refractivity contribution is 8.01. The molecular formula is C21H24ClN7O7S2. The van der Waals surface area contributed by atoms with Crippen LogP contribution in [-0.2, 0) is 14.4 Å². The van der Waals surface area contributed by atoms with E-state index >= 15 is 0 Å². The molecule has 4 rings (SSSR count). The van der Waals surface area contributed by atoms with Gasteiger partial charge in [-0.3, -0.25) is 9.59 Å². The summed E-state index contributed by atoms with van der Waals surface area (Å²) in [7, 11) is 0. The zero-order chi connectivity index (χ0) is 27.1. The Hall–Kier alpha value is -3.76. The van der Waals surface area contributed by atoms with Crippen molar-refractivity contribution in [2.75, 3.05) is 5.73 Å². The molecule has 0 spiro atoms.